The first kappa shape index (κ1) is 15.8. The molecule has 0 aliphatic carbocycles. The number of aromatic hydroxyl groups is 7. The largest absolute Gasteiger partial charge is 0.507 e. The fourth-order valence-corrected chi connectivity index (χ4v) is 2.46. The van der Waals surface area contributed by atoms with Gasteiger partial charge in [0.05, 0.1) is 10.5 Å². The molecule has 118 valence electrons. The molecule has 2 aromatic carbocycles. The second-order valence-corrected chi connectivity index (χ2v) is 5.24. The maximum Gasteiger partial charge on any atom is 0.204 e. The highest BCUT2D eigenvalue weighted by Gasteiger charge is 2.28. The van der Waals surface area contributed by atoms with E-state index in [9.17, 15) is 35.7 Å². The van der Waals surface area contributed by atoms with Crippen molar-refractivity contribution in [2.24, 2.45) is 0 Å². The highest BCUT2D eigenvalue weighted by atomic mass is 32.1. The van der Waals surface area contributed by atoms with Crippen LogP contribution in [0.1, 0.15) is 11.1 Å². The van der Waals surface area contributed by atoms with Crippen LogP contribution in [0.5, 0.6) is 40.2 Å². The summed E-state index contributed by atoms with van der Waals surface area (Å²) in [4.78, 5) is -0.254. The summed E-state index contributed by atoms with van der Waals surface area (Å²) in [6.07, 6.45) is 0. The van der Waals surface area contributed by atoms with Crippen LogP contribution in [0.4, 0.5) is 0 Å². The monoisotopic (exact) mass is 326 g/mol. The molecule has 8 heteroatoms. The number of phenolic OH excluding ortho intramolecular Hbond substituents is 7. The summed E-state index contributed by atoms with van der Waals surface area (Å²) in [6, 6.07) is 0. The molecular formula is C14H14O7S. The fraction of sp³-hybridized carbons (Fsp3) is 0.143. The number of rotatable bonds is 1. The van der Waals surface area contributed by atoms with Gasteiger partial charge in [-0.2, -0.15) is 0 Å². The normalized spacial score (nSPS) is 10.9. The van der Waals surface area contributed by atoms with Crippen molar-refractivity contribution in [2.45, 2.75) is 18.7 Å². The molecule has 7 nitrogen and oxygen atoms in total. The van der Waals surface area contributed by atoms with Crippen molar-refractivity contribution in [2.75, 3.05) is 0 Å². The smallest absolute Gasteiger partial charge is 0.204 e. The number of benzene rings is 2. The van der Waals surface area contributed by atoms with E-state index in [2.05, 4.69) is 12.6 Å². The van der Waals surface area contributed by atoms with Crippen LogP contribution in [0.15, 0.2) is 4.90 Å². The first-order valence-electron chi connectivity index (χ1n) is 6.04. The Morgan fingerprint density at radius 1 is 0.500 bits per heavy atom. The Morgan fingerprint density at radius 3 is 1.55 bits per heavy atom. The van der Waals surface area contributed by atoms with Gasteiger partial charge in [0.25, 0.3) is 0 Å². The summed E-state index contributed by atoms with van der Waals surface area (Å²) in [5.41, 5.74) is -0.776. The van der Waals surface area contributed by atoms with Crippen molar-refractivity contribution in [3.8, 4) is 51.4 Å². The van der Waals surface area contributed by atoms with Crippen molar-refractivity contribution in [1.29, 1.82) is 0 Å². The van der Waals surface area contributed by atoms with Crippen molar-refractivity contribution in [3.63, 3.8) is 0 Å². The Hall–Kier alpha value is -2.61. The molecule has 0 spiro atoms. The summed E-state index contributed by atoms with van der Waals surface area (Å²) in [5.74, 6) is -5.21. The van der Waals surface area contributed by atoms with Gasteiger partial charge in [-0.25, -0.2) is 0 Å². The Kier molecular flexibility index (Phi) is 3.58. The molecule has 0 atom stereocenters. The molecule has 0 unspecified atom stereocenters. The van der Waals surface area contributed by atoms with Crippen LogP contribution in [-0.4, -0.2) is 35.7 Å². The lowest BCUT2D eigenvalue weighted by molar-refractivity contribution is 0.345. The maximum atomic E-state index is 10.1. The van der Waals surface area contributed by atoms with Crippen molar-refractivity contribution in [3.05, 3.63) is 11.1 Å². The molecule has 7 N–H and O–H groups in total. The summed E-state index contributed by atoms with van der Waals surface area (Å²) in [5, 5.41) is 68.9. The van der Waals surface area contributed by atoms with E-state index in [-0.39, 0.29) is 27.1 Å². The van der Waals surface area contributed by atoms with Crippen molar-refractivity contribution in [1.82, 2.24) is 0 Å². The van der Waals surface area contributed by atoms with Gasteiger partial charge in [-0.15, -0.1) is 12.6 Å². The van der Waals surface area contributed by atoms with Gasteiger partial charge in [-0.3, -0.25) is 0 Å². The lowest BCUT2D eigenvalue weighted by Gasteiger charge is -2.18. The van der Waals surface area contributed by atoms with Crippen LogP contribution in [0, 0.1) is 13.8 Å². The Labute approximate surface area is 130 Å². The fourth-order valence-electron chi connectivity index (χ4n) is 2.18. The zero-order chi connectivity index (χ0) is 16.9. The summed E-state index contributed by atoms with van der Waals surface area (Å²) in [7, 11) is 0. The predicted molar refractivity (Wildman–Crippen MR) is 80.3 cm³/mol. The number of thiol groups is 1. The molecule has 0 heterocycles. The molecule has 22 heavy (non-hydrogen) atoms. The van der Waals surface area contributed by atoms with E-state index in [4.69, 9.17) is 0 Å². The van der Waals surface area contributed by atoms with E-state index in [1.165, 1.54) is 13.8 Å². The molecule has 0 amide bonds. The highest BCUT2D eigenvalue weighted by molar-refractivity contribution is 7.80. The molecule has 0 radical (unpaired) electrons. The second-order valence-electron chi connectivity index (χ2n) is 4.79. The van der Waals surface area contributed by atoms with E-state index >= 15 is 0 Å². The SMILES string of the molecule is Cc1c(O)c(S)c(O)c(-c2c(C)c(O)c(O)c(O)c2O)c1O. The molecule has 2 aromatic rings. The first-order valence-corrected chi connectivity index (χ1v) is 6.49. The minimum absolute atomic E-state index is 0.0244. The lowest BCUT2D eigenvalue weighted by Crippen LogP contribution is -1.92. The average Bonchev–Trinajstić information content (AvgIpc) is 2.50. The predicted octanol–water partition coefficient (Wildman–Crippen LogP) is 2.20. The van der Waals surface area contributed by atoms with Gasteiger partial charge in [0.2, 0.25) is 11.5 Å². The average molecular weight is 326 g/mol. The minimum Gasteiger partial charge on any atom is -0.507 e. The third-order valence-electron chi connectivity index (χ3n) is 3.52. The van der Waals surface area contributed by atoms with Gasteiger partial charge in [-0.05, 0) is 13.8 Å². The van der Waals surface area contributed by atoms with Crippen LogP contribution in [-0.2, 0) is 0 Å². The minimum atomic E-state index is -1.01. The molecule has 2 rings (SSSR count). The lowest BCUT2D eigenvalue weighted by atomic mass is 9.94. The molecule has 0 aliphatic heterocycles. The summed E-state index contributed by atoms with van der Waals surface area (Å²) < 4.78 is 0. The Bertz CT molecular complexity index is 673. The molecular weight excluding hydrogens is 312 g/mol. The van der Waals surface area contributed by atoms with E-state index < -0.39 is 40.2 Å². The van der Waals surface area contributed by atoms with Gasteiger partial charge in [-0.1, -0.05) is 0 Å². The van der Waals surface area contributed by atoms with E-state index in [0.29, 0.717) is 0 Å². The van der Waals surface area contributed by atoms with E-state index in [1.54, 1.807) is 0 Å². The molecule has 0 saturated heterocycles. The van der Waals surface area contributed by atoms with Crippen molar-refractivity contribution < 1.29 is 35.7 Å². The number of phenols is 7. The molecule has 0 bridgehead atoms. The Balaban J connectivity index is 3.03. The summed E-state index contributed by atoms with van der Waals surface area (Å²) in [6.45, 7) is 2.64. The highest BCUT2D eigenvalue weighted by Crippen LogP contribution is 2.57. The molecule has 0 aromatic heterocycles. The van der Waals surface area contributed by atoms with E-state index in [0.717, 1.165) is 0 Å². The number of hydrogen-bond acceptors (Lipinski definition) is 8. The van der Waals surface area contributed by atoms with Crippen molar-refractivity contribution >= 4 is 12.6 Å². The third-order valence-corrected chi connectivity index (χ3v) is 3.95. The molecule has 0 aliphatic rings. The van der Waals surface area contributed by atoms with Crippen LogP contribution in [0.2, 0.25) is 0 Å². The zero-order valence-electron chi connectivity index (χ0n) is 11.6. The molecule has 0 saturated carbocycles. The van der Waals surface area contributed by atoms with Crippen LogP contribution in [0.25, 0.3) is 11.1 Å². The second kappa shape index (κ2) is 4.99. The van der Waals surface area contributed by atoms with Gasteiger partial charge < -0.3 is 35.7 Å². The van der Waals surface area contributed by atoms with Gasteiger partial charge >= 0.3 is 0 Å². The quantitative estimate of drug-likeness (QED) is 0.228. The van der Waals surface area contributed by atoms with E-state index in [1.807, 2.05) is 0 Å². The maximum absolute atomic E-state index is 10.1. The third kappa shape index (κ3) is 1.92. The van der Waals surface area contributed by atoms with Gasteiger partial charge in [0, 0.05) is 16.7 Å². The molecule has 0 fully saturated rings. The number of hydrogen-bond donors (Lipinski definition) is 8. The Morgan fingerprint density at radius 2 is 1.00 bits per heavy atom. The van der Waals surface area contributed by atoms with Crippen LogP contribution in [0.3, 0.4) is 0 Å². The topological polar surface area (TPSA) is 142 Å². The van der Waals surface area contributed by atoms with Gasteiger partial charge in [0.15, 0.2) is 11.5 Å². The summed E-state index contributed by atoms with van der Waals surface area (Å²) >= 11 is 3.92. The van der Waals surface area contributed by atoms with Crippen LogP contribution >= 0.6 is 12.6 Å². The van der Waals surface area contributed by atoms with Gasteiger partial charge in [0.1, 0.15) is 17.2 Å². The standard InChI is InChI=1S/C14H14O7S/c1-3-5(10(18)13(21)12(20)8(3)16)6-7(15)4(2)9(17)14(22)11(6)19/h15-22H,1-2H3. The first-order chi connectivity index (χ1) is 10.1. The zero-order valence-corrected chi connectivity index (χ0v) is 12.5. The van der Waals surface area contributed by atoms with Crippen LogP contribution < -0.4 is 0 Å².